The second-order valence-electron chi connectivity index (χ2n) is 7.98. The van der Waals surface area contributed by atoms with Crippen molar-refractivity contribution in [2.45, 2.75) is 38.3 Å². The number of carbonyl (C=O) groups is 3. The molecule has 2 amide bonds. The van der Waals surface area contributed by atoms with Gasteiger partial charge in [0.05, 0.1) is 6.61 Å². The van der Waals surface area contributed by atoms with Crippen LogP contribution in [0.1, 0.15) is 31.7 Å². The van der Waals surface area contributed by atoms with E-state index in [4.69, 9.17) is 9.47 Å². The van der Waals surface area contributed by atoms with Gasteiger partial charge in [0.25, 0.3) is 0 Å². The van der Waals surface area contributed by atoms with Gasteiger partial charge >= 0.3 is 12.1 Å². The summed E-state index contributed by atoms with van der Waals surface area (Å²) in [6.45, 7) is 4.55. The van der Waals surface area contributed by atoms with E-state index in [0.29, 0.717) is 52.0 Å². The Hall–Kier alpha value is -2.61. The minimum Gasteiger partial charge on any atom is -0.465 e. The van der Waals surface area contributed by atoms with Gasteiger partial charge in [0.15, 0.2) is 0 Å². The van der Waals surface area contributed by atoms with Crippen molar-refractivity contribution in [2.75, 3.05) is 46.4 Å². The molecule has 0 aromatic heterocycles. The molecule has 1 spiro atoms. The van der Waals surface area contributed by atoms with Crippen LogP contribution in [-0.4, -0.2) is 84.6 Å². The number of rotatable bonds is 5. The molecule has 2 aliphatic rings. The fourth-order valence-electron chi connectivity index (χ4n) is 4.19. The molecule has 0 aliphatic carbocycles. The van der Waals surface area contributed by atoms with Crippen LogP contribution >= 0.6 is 0 Å². The van der Waals surface area contributed by atoms with Gasteiger partial charge in [0.1, 0.15) is 13.2 Å². The molecule has 3 rings (SSSR count). The highest BCUT2D eigenvalue weighted by Gasteiger charge is 2.44. The number of likely N-dealkylation sites (tertiary alicyclic amines) is 1. The first-order valence-electron chi connectivity index (χ1n) is 10.5. The second kappa shape index (κ2) is 9.93. The van der Waals surface area contributed by atoms with Crippen LogP contribution < -0.4 is 0 Å². The molecule has 1 aromatic carbocycles. The topological polar surface area (TPSA) is 79.4 Å². The molecule has 1 unspecified atom stereocenters. The van der Waals surface area contributed by atoms with Crippen LogP contribution in [0.5, 0.6) is 0 Å². The second-order valence-corrected chi connectivity index (χ2v) is 7.98. The van der Waals surface area contributed by atoms with Crippen molar-refractivity contribution in [2.24, 2.45) is 0 Å². The van der Waals surface area contributed by atoms with Crippen molar-refractivity contribution < 1.29 is 23.9 Å². The summed E-state index contributed by atoms with van der Waals surface area (Å²) >= 11 is 0. The smallest absolute Gasteiger partial charge is 0.410 e. The molecule has 2 saturated heterocycles. The van der Waals surface area contributed by atoms with E-state index < -0.39 is 0 Å². The van der Waals surface area contributed by atoms with Gasteiger partial charge in [0.2, 0.25) is 5.91 Å². The molecular formula is C22H31N3O5. The van der Waals surface area contributed by atoms with Crippen LogP contribution in [0.15, 0.2) is 30.3 Å². The number of nitrogens with zero attached hydrogens (tertiary/aromatic N) is 3. The molecule has 0 radical (unpaired) electrons. The predicted molar refractivity (Wildman–Crippen MR) is 111 cm³/mol. The van der Waals surface area contributed by atoms with E-state index in [0.717, 1.165) is 5.56 Å². The lowest BCUT2D eigenvalue weighted by molar-refractivity contribution is -0.148. The van der Waals surface area contributed by atoms with E-state index in [-0.39, 0.29) is 36.7 Å². The zero-order valence-corrected chi connectivity index (χ0v) is 17.8. The zero-order valence-electron chi connectivity index (χ0n) is 17.8. The Morgan fingerprint density at radius 3 is 2.57 bits per heavy atom. The van der Waals surface area contributed by atoms with Crippen molar-refractivity contribution in [1.82, 2.24) is 14.7 Å². The lowest BCUT2D eigenvalue weighted by Crippen LogP contribution is -2.62. The number of likely N-dealkylation sites (N-methyl/N-ethyl adjacent to an activating group) is 1. The van der Waals surface area contributed by atoms with Crippen LogP contribution in [-0.2, 0) is 25.7 Å². The van der Waals surface area contributed by atoms with Crippen molar-refractivity contribution in [3.8, 4) is 0 Å². The summed E-state index contributed by atoms with van der Waals surface area (Å²) in [5, 5.41) is 0. The highest BCUT2D eigenvalue weighted by Crippen LogP contribution is 2.32. The van der Waals surface area contributed by atoms with Gasteiger partial charge in [-0.25, -0.2) is 4.79 Å². The molecule has 8 heteroatoms. The number of benzene rings is 1. The average Bonchev–Trinajstić information content (AvgIpc) is 2.90. The van der Waals surface area contributed by atoms with Crippen LogP contribution in [0.3, 0.4) is 0 Å². The molecule has 0 N–H and O–H groups in total. The predicted octanol–water partition coefficient (Wildman–Crippen LogP) is 1.88. The third-order valence-corrected chi connectivity index (χ3v) is 6.09. The van der Waals surface area contributed by atoms with E-state index in [1.165, 1.54) is 0 Å². The van der Waals surface area contributed by atoms with Crippen molar-refractivity contribution in [3.63, 3.8) is 0 Å². The quantitative estimate of drug-likeness (QED) is 0.681. The minimum absolute atomic E-state index is 0.0186. The summed E-state index contributed by atoms with van der Waals surface area (Å²) in [5.41, 5.74) is 0.646. The third kappa shape index (κ3) is 5.30. The Bertz CT molecular complexity index is 756. The number of hydrogen-bond donors (Lipinski definition) is 0. The average molecular weight is 418 g/mol. The maximum absolute atomic E-state index is 12.7. The van der Waals surface area contributed by atoms with Gasteiger partial charge in [-0.1, -0.05) is 30.3 Å². The number of piperazine rings is 1. The fraction of sp³-hybridized carbons (Fsp3) is 0.591. The van der Waals surface area contributed by atoms with Gasteiger partial charge in [-0.3, -0.25) is 14.5 Å². The molecule has 2 fully saturated rings. The molecule has 2 heterocycles. The van der Waals surface area contributed by atoms with Crippen molar-refractivity contribution in [3.05, 3.63) is 35.9 Å². The maximum Gasteiger partial charge on any atom is 0.410 e. The Labute approximate surface area is 177 Å². The van der Waals surface area contributed by atoms with Gasteiger partial charge < -0.3 is 19.3 Å². The van der Waals surface area contributed by atoms with Crippen molar-refractivity contribution >= 4 is 18.0 Å². The normalized spacial score (nSPS) is 22.7. The molecule has 8 nitrogen and oxygen atoms in total. The Morgan fingerprint density at radius 1 is 1.07 bits per heavy atom. The third-order valence-electron chi connectivity index (χ3n) is 6.09. The maximum atomic E-state index is 12.7. The lowest BCUT2D eigenvalue weighted by Gasteiger charge is -2.48. The summed E-state index contributed by atoms with van der Waals surface area (Å²) in [7, 11) is 2.04. The number of amides is 2. The summed E-state index contributed by atoms with van der Waals surface area (Å²) in [6.07, 6.45) is 1.35. The molecule has 1 atom stereocenters. The van der Waals surface area contributed by atoms with Gasteiger partial charge in [-0.05, 0) is 32.4 Å². The first-order chi connectivity index (χ1) is 14.4. The minimum atomic E-state index is -0.384. The Balaban J connectivity index is 1.61. The van der Waals surface area contributed by atoms with E-state index in [9.17, 15) is 14.4 Å². The van der Waals surface area contributed by atoms with E-state index >= 15 is 0 Å². The van der Waals surface area contributed by atoms with Crippen LogP contribution in [0.2, 0.25) is 0 Å². The number of carbonyl (C=O) groups excluding carboxylic acids is 3. The Kier molecular flexibility index (Phi) is 7.31. The first-order valence-corrected chi connectivity index (χ1v) is 10.5. The molecule has 2 aliphatic heterocycles. The fourth-order valence-corrected chi connectivity index (χ4v) is 4.19. The van der Waals surface area contributed by atoms with E-state index in [1.54, 1.807) is 16.7 Å². The zero-order chi connectivity index (χ0) is 21.6. The van der Waals surface area contributed by atoms with Gasteiger partial charge in [-0.15, -0.1) is 0 Å². The van der Waals surface area contributed by atoms with Crippen LogP contribution in [0, 0.1) is 0 Å². The summed E-state index contributed by atoms with van der Waals surface area (Å²) in [6, 6.07) is 9.60. The summed E-state index contributed by atoms with van der Waals surface area (Å²) < 4.78 is 10.5. The number of ether oxygens (including phenoxy) is 2. The molecule has 164 valence electrons. The van der Waals surface area contributed by atoms with Gasteiger partial charge in [-0.2, -0.15) is 0 Å². The number of hydrogen-bond acceptors (Lipinski definition) is 6. The molecule has 30 heavy (non-hydrogen) atoms. The molecule has 0 bridgehead atoms. The van der Waals surface area contributed by atoms with Crippen LogP contribution in [0.25, 0.3) is 0 Å². The van der Waals surface area contributed by atoms with E-state index in [2.05, 4.69) is 4.90 Å². The van der Waals surface area contributed by atoms with Crippen molar-refractivity contribution in [1.29, 1.82) is 0 Å². The van der Waals surface area contributed by atoms with Gasteiger partial charge in [0, 0.05) is 38.1 Å². The largest absolute Gasteiger partial charge is 0.465 e. The Morgan fingerprint density at radius 2 is 1.83 bits per heavy atom. The highest BCUT2D eigenvalue weighted by molar-refractivity contribution is 5.82. The highest BCUT2D eigenvalue weighted by atomic mass is 16.6. The SMILES string of the molecule is CCOC(=O)CN1CCC2(CCC1=O)CN(C(=O)OCc1ccccc1)CCN2C. The summed E-state index contributed by atoms with van der Waals surface area (Å²) in [4.78, 5) is 42.6. The molecule has 1 aromatic rings. The van der Waals surface area contributed by atoms with E-state index in [1.807, 2.05) is 37.4 Å². The monoisotopic (exact) mass is 417 g/mol. The lowest BCUT2D eigenvalue weighted by atomic mass is 9.86. The standard InChI is InChI=1S/C22H31N3O5/c1-3-29-20(27)15-24-12-11-22(10-9-19(24)26)17-25(14-13-23(22)2)21(28)30-16-18-7-5-4-6-8-18/h4-8H,3,9-17H2,1-2H3. The molecule has 0 saturated carbocycles. The first kappa shape index (κ1) is 22.1. The molecular weight excluding hydrogens is 386 g/mol. The van der Waals surface area contributed by atoms with Crippen LogP contribution in [0.4, 0.5) is 4.79 Å². The number of esters is 1. The summed E-state index contributed by atoms with van der Waals surface area (Å²) in [5.74, 6) is -0.429.